The summed E-state index contributed by atoms with van der Waals surface area (Å²) in [4.78, 5) is 11.5. The maximum Gasteiger partial charge on any atom is 0.416 e. The van der Waals surface area contributed by atoms with E-state index in [0.717, 1.165) is 5.56 Å². The van der Waals surface area contributed by atoms with Gasteiger partial charge in [-0.2, -0.15) is 26.3 Å². The number of halogens is 6. The molecule has 0 N–H and O–H groups in total. The highest BCUT2D eigenvalue weighted by atomic mass is 19.4. The third-order valence-electron chi connectivity index (χ3n) is 4.93. The number of alkyl halides is 6. The van der Waals surface area contributed by atoms with Crippen molar-refractivity contribution >= 4 is 5.97 Å². The van der Waals surface area contributed by atoms with Crippen LogP contribution in [0.5, 0.6) is 0 Å². The van der Waals surface area contributed by atoms with Crippen molar-refractivity contribution in [1.29, 1.82) is 0 Å². The van der Waals surface area contributed by atoms with Crippen LogP contribution in [0.25, 0.3) is 0 Å². The van der Waals surface area contributed by atoms with Crippen LogP contribution in [0.1, 0.15) is 42.2 Å². The molecule has 0 heterocycles. The highest BCUT2D eigenvalue weighted by Gasteiger charge is 2.37. The van der Waals surface area contributed by atoms with E-state index in [9.17, 15) is 31.1 Å². The first-order valence-electron chi connectivity index (χ1n) is 9.50. The second-order valence-corrected chi connectivity index (χ2v) is 7.43. The molecule has 2 atom stereocenters. The Labute approximate surface area is 181 Å². The van der Waals surface area contributed by atoms with Gasteiger partial charge in [0.15, 0.2) is 0 Å². The number of methoxy groups -OCH3 is 1. The van der Waals surface area contributed by atoms with E-state index in [-0.39, 0.29) is 18.2 Å². The lowest BCUT2D eigenvalue weighted by molar-refractivity contribution is -0.143. The van der Waals surface area contributed by atoms with Gasteiger partial charge in [-0.15, -0.1) is 0 Å². The Morgan fingerprint density at radius 2 is 1.47 bits per heavy atom. The van der Waals surface area contributed by atoms with E-state index >= 15 is 0 Å². The Morgan fingerprint density at radius 3 is 1.94 bits per heavy atom. The number of carbonyl (C=O) groups is 1. The minimum Gasteiger partial charge on any atom is -0.466 e. The summed E-state index contributed by atoms with van der Waals surface area (Å²) in [5, 5.41) is 0. The number of benzene rings is 2. The van der Waals surface area contributed by atoms with Gasteiger partial charge in [-0.1, -0.05) is 36.4 Å². The van der Waals surface area contributed by atoms with E-state index in [0.29, 0.717) is 12.1 Å². The molecule has 0 aliphatic carbocycles. The zero-order chi connectivity index (χ0) is 24.2. The van der Waals surface area contributed by atoms with Gasteiger partial charge in [0.05, 0.1) is 30.9 Å². The van der Waals surface area contributed by atoms with Gasteiger partial charge in [0.2, 0.25) is 0 Å². The van der Waals surface area contributed by atoms with Crippen LogP contribution in [0.15, 0.2) is 60.7 Å². The summed E-state index contributed by atoms with van der Waals surface area (Å²) in [5.41, 5.74) is -3.26. The molecule has 9 heteroatoms. The third-order valence-corrected chi connectivity index (χ3v) is 4.93. The topological polar surface area (TPSA) is 35.5 Å². The summed E-state index contributed by atoms with van der Waals surface area (Å²) in [7, 11) is 1.21. The summed E-state index contributed by atoms with van der Waals surface area (Å²) in [5.74, 6) is -0.618. The van der Waals surface area contributed by atoms with Gasteiger partial charge in [0, 0.05) is 11.5 Å². The van der Waals surface area contributed by atoms with E-state index < -0.39 is 41.0 Å². The number of esters is 1. The molecule has 3 nitrogen and oxygen atoms in total. The van der Waals surface area contributed by atoms with Gasteiger partial charge in [-0.3, -0.25) is 0 Å². The fourth-order valence-electron chi connectivity index (χ4n) is 2.97. The van der Waals surface area contributed by atoms with Crippen LogP contribution in [0.3, 0.4) is 0 Å². The van der Waals surface area contributed by atoms with E-state index in [2.05, 4.69) is 4.74 Å². The second-order valence-electron chi connectivity index (χ2n) is 7.43. The molecule has 0 saturated heterocycles. The Kier molecular flexibility index (Phi) is 7.77. The molecular weight excluding hydrogens is 438 g/mol. The summed E-state index contributed by atoms with van der Waals surface area (Å²) in [6.45, 7) is 2.97. The average molecular weight is 460 g/mol. The molecular formula is C23H22F6O3. The van der Waals surface area contributed by atoms with Crippen LogP contribution >= 0.6 is 0 Å². The van der Waals surface area contributed by atoms with Gasteiger partial charge >= 0.3 is 18.3 Å². The molecule has 0 amide bonds. The van der Waals surface area contributed by atoms with Crippen molar-refractivity contribution in [2.45, 2.75) is 37.7 Å². The molecule has 2 unspecified atom stereocenters. The molecule has 0 bridgehead atoms. The van der Waals surface area contributed by atoms with Gasteiger partial charge in [-0.05, 0) is 43.2 Å². The molecule has 0 aromatic heterocycles. The van der Waals surface area contributed by atoms with Crippen molar-refractivity contribution < 1.29 is 40.6 Å². The molecule has 0 saturated carbocycles. The first kappa shape index (κ1) is 25.5. The Hall–Kier alpha value is -2.81. The first-order valence-corrected chi connectivity index (χ1v) is 9.50. The number of hydrogen-bond donors (Lipinski definition) is 0. The fourth-order valence-corrected chi connectivity index (χ4v) is 2.97. The van der Waals surface area contributed by atoms with Crippen LogP contribution in [-0.2, 0) is 32.0 Å². The predicted octanol–water partition coefficient (Wildman–Crippen LogP) is 6.49. The first-order chi connectivity index (χ1) is 14.8. The standard InChI is InChI=1S/C23H22F6O3/c1-15(16-11-18(22(24,25)26)13-19(12-16)23(27,28)29)32-14-21(2,10-9-20(30)31-3)17-7-5-4-6-8-17/h4-13,15H,14H2,1-3H3/b10-9+. The van der Waals surface area contributed by atoms with Crippen LogP contribution in [0.4, 0.5) is 26.3 Å². The molecule has 2 rings (SSSR count). The Morgan fingerprint density at radius 1 is 0.938 bits per heavy atom. The van der Waals surface area contributed by atoms with Crippen molar-refractivity contribution in [2.24, 2.45) is 0 Å². The van der Waals surface area contributed by atoms with Gasteiger partial charge in [-0.25, -0.2) is 4.79 Å². The largest absolute Gasteiger partial charge is 0.466 e. The predicted molar refractivity (Wildman–Crippen MR) is 106 cm³/mol. The molecule has 0 aliphatic heterocycles. The SMILES string of the molecule is COC(=O)/C=C/C(C)(COC(C)c1cc(C(F)(F)F)cc(C(F)(F)F)c1)c1ccccc1. The maximum absolute atomic E-state index is 13.1. The number of carbonyl (C=O) groups excluding carboxylic acids is 1. The Balaban J connectivity index is 2.36. The highest BCUT2D eigenvalue weighted by Crippen LogP contribution is 2.38. The van der Waals surface area contributed by atoms with Crippen molar-refractivity contribution in [1.82, 2.24) is 0 Å². The van der Waals surface area contributed by atoms with Crippen molar-refractivity contribution in [3.63, 3.8) is 0 Å². The van der Waals surface area contributed by atoms with Crippen molar-refractivity contribution in [3.05, 3.63) is 82.9 Å². The molecule has 2 aromatic rings. The third kappa shape index (κ3) is 6.59. The summed E-state index contributed by atoms with van der Waals surface area (Å²) >= 11 is 0. The van der Waals surface area contributed by atoms with E-state index in [4.69, 9.17) is 4.74 Å². The molecule has 0 aliphatic rings. The molecule has 32 heavy (non-hydrogen) atoms. The monoisotopic (exact) mass is 460 g/mol. The van der Waals surface area contributed by atoms with Gasteiger partial charge in [0.25, 0.3) is 0 Å². The van der Waals surface area contributed by atoms with Gasteiger partial charge in [0.1, 0.15) is 0 Å². The lowest BCUT2D eigenvalue weighted by Gasteiger charge is -2.29. The van der Waals surface area contributed by atoms with Crippen LogP contribution in [-0.4, -0.2) is 19.7 Å². The Bertz CT molecular complexity index is 918. The number of hydrogen-bond acceptors (Lipinski definition) is 3. The lowest BCUT2D eigenvalue weighted by atomic mass is 9.83. The molecule has 0 radical (unpaired) electrons. The maximum atomic E-state index is 13.1. The van der Waals surface area contributed by atoms with E-state index in [1.165, 1.54) is 26.2 Å². The van der Waals surface area contributed by atoms with Gasteiger partial charge < -0.3 is 9.47 Å². The van der Waals surface area contributed by atoms with Crippen molar-refractivity contribution in [3.8, 4) is 0 Å². The van der Waals surface area contributed by atoms with Crippen LogP contribution in [0.2, 0.25) is 0 Å². The number of ether oxygens (including phenoxy) is 2. The zero-order valence-corrected chi connectivity index (χ0v) is 17.6. The zero-order valence-electron chi connectivity index (χ0n) is 17.6. The minimum absolute atomic E-state index is 0.0728. The van der Waals surface area contributed by atoms with Crippen LogP contribution in [0, 0.1) is 0 Å². The summed E-state index contributed by atoms with van der Waals surface area (Å²) in [6, 6.07) is 10.2. The smallest absolute Gasteiger partial charge is 0.416 e. The quantitative estimate of drug-likeness (QED) is 0.269. The van der Waals surface area contributed by atoms with E-state index in [1.54, 1.807) is 37.3 Å². The number of rotatable bonds is 7. The molecule has 0 fully saturated rings. The summed E-state index contributed by atoms with van der Waals surface area (Å²) < 4.78 is 89.2. The lowest BCUT2D eigenvalue weighted by Crippen LogP contribution is -2.27. The van der Waals surface area contributed by atoms with Crippen LogP contribution < -0.4 is 0 Å². The molecule has 174 valence electrons. The normalized spacial score (nSPS) is 15.4. The molecule has 2 aromatic carbocycles. The minimum atomic E-state index is -4.95. The summed E-state index contributed by atoms with van der Waals surface area (Å²) in [6.07, 6.45) is -8.27. The molecule has 0 spiro atoms. The van der Waals surface area contributed by atoms with E-state index in [1.807, 2.05) is 0 Å². The second kappa shape index (κ2) is 9.77. The fraction of sp³-hybridized carbons (Fsp3) is 0.348. The highest BCUT2D eigenvalue weighted by molar-refractivity contribution is 5.82. The average Bonchev–Trinajstić information content (AvgIpc) is 2.74. The van der Waals surface area contributed by atoms with Crippen molar-refractivity contribution in [2.75, 3.05) is 13.7 Å².